The molecule has 2 amide bonds. The molecule has 1 fully saturated rings. The van der Waals surface area contributed by atoms with Gasteiger partial charge in [-0.1, -0.05) is 65.8 Å². The van der Waals surface area contributed by atoms with Crippen molar-refractivity contribution in [3.05, 3.63) is 89.4 Å². The highest BCUT2D eigenvalue weighted by molar-refractivity contribution is 7.99. The van der Waals surface area contributed by atoms with Crippen molar-refractivity contribution in [1.82, 2.24) is 24.6 Å². The highest BCUT2D eigenvalue weighted by Gasteiger charge is 2.30. The van der Waals surface area contributed by atoms with Crippen LogP contribution in [-0.4, -0.2) is 74.9 Å². The number of carbonyl (C=O) groups is 2. The lowest BCUT2D eigenvalue weighted by atomic mass is 10.1. The first-order valence-corrected chi connectivity index (χ1v) is 15.4. The van der Waals surface area contributed by atoms with Crippen molar-refractivity contribution < 1.29 is 14.3 Å². The Balaban J connectivity index is 1.14. The van der Waals surface area contributed by atoms with Gasteiger partial charge in [-0.2, -0.15) is 0 Å². The molecule has 1 atom stereocenters. The van der Waals surface area contributed by atoms with E-state index in [-0.39, 0.29) is 17.9 Å². The molecule has 1 unspecified atom stereocenters. The van der Waals surface area contributed by atoms with Crippen LogP contribution in [0.15, 0.2) is 84.0 Å². The van der Waals surface area contributed by atoms with E-state index in [1.807, 2.05) is 83.5 Å². The van der Waals surface area contributed by atoms with Gasteiger partial charge in [0.1, 0.15) is 5.75 Å². The fourth-order valence-corrected chi connectivity index (χ4v) is 6.24. The lowest BCUT2D eigenvalue weighted by Crippen LogP contribution is -2.55. The molecular weight excluding hydrogens is 570 g/mol. The first-order valence-electron chi connectivity index (χ1n) is 14.1. The number of hydrogen-bond acceptors (Lipinski definition) is 6. The van der Waals surface area contributed by atoms with E-state index < -0.39 is 0 Å². The van der Waals surface area contributed by atoms with E-state index in [0.29, 0.717) is 36.6 Å². The van der Waals surface area contributed by atoms with Gasteiger partial charge in [0.15, 0.2) is 11.0 Å². The predicted molar refractivity (Wildman–Crippen MR) is 166 cm³/mol. The summed E-state index contributed by atoms with van der Waals surface area (Å²) in [6.45, 7) is 3.53. The summed E-state index contributed by atoms with van der Waals surface area (Å²) >= 11 is 7.88. The normalized spacial score (nSPS) is 15.1. The summed E-state index contributed by atoms with van der Waals surface area (Å²) < 4.78 is 7.40. The van der Waals surface area contributed by atoms with Gasteiger partial charge in [-0.25, -0.2) is 0 Å². The summed E-state index contributed by atoms with van der Waals surface area (Å²) in [7, 11) is 1.65. The van der Waals surface area contributed by atoms with E-state index in [0.717, 1.165) is 46.6 Å². The summed E-state index contributed by atoms with van der Waals surface area (Å²) in [5, 5.41) is 10.3. The van der Waals surface area contributed by atoms with E-state index in [1.54, 1.807) is 31.0 Å². The maximum atomic E-state index is 13.0. The highest BCUT2D eigenvalue weighted by atomic mass is 35.5. The molecule has 0 spiro atoms. The Hall–Kier alpha value is -3.82. The van der Waals surface area contributed by atoms with E-state index >= 15 is 0 Å². The Morgan fingerprint density at radius 2 is 1.69 bits per heavy atom. The van der Waals surface area contributed by atoms with Crippen LogP contribution in [0.1, 0.15) is 36.5 Å². The molecule has 2 heterocycles. The van der Waals surface area contributed by atoms with Crippen LogP contribution in [0.25, 0.3) is 17.1 Å². The zero-order valence-corrected chi connectivity index (χ0v) is 25.4. The summed E-state index contributed by atoms with van der Waals surface area (Å²) in [5.74, 6) is 2.42. The van der Waals surface area contributed by atoms with Gasteiger partial charge in [0.25, 0.3) is 5.91 Å². The average Bonchev–Trinajstić information content (AvgIpc) is 3.45. The van der Waals surface area contributed by atoms with E-state index in [4.69, 9.17) is 16.3 Å². The largest absolute Gasteiger partial charge is 0.497 e. The maximum Gasteiger partial charge on any atom is 0.255 e. The summed E-state index contributed by atoms with van der Waals surface area (Å²) in [4.78, 5) is 29.7. The van der Waals surface area contributed by atoms with Crippen molar-refractivity contribution in [1.29, 1.82) is 0 Å². The second-order valence-corrected chi connectivity index (χ2v) is 11.6. The molecule has 1 aliphatic rings. The molecule has 0 N–H and O–H groups in total. The number of rotatable bonds is 10. The van der Waals surface area contributed by atoms with Crippen LogP contribution in [-0.2, 0) is 4.79 Å². The first-order chi connectivity index (χ1) is 20.5. The van der Waals surface area contributed by atoms with Gasteiger partial charge in [0, 0.05) is 49.1 Å². The van der Waals surface area contributed by atoms with Gasteiger partial charge in [-0.05, 0) is 56.2 Å². The quantitative estimate of drug-likeness (QED) is 0.158. The second kappa shape index (κ2) is 13.9. The number of hydrogen-bond donors (Lipinski definition) is 0. The molecule has 8 nitrogen and oxygen atoms in total. The molecule has 0 aliphatic carbocycles. The summed E-state index contributed by atoms with van der Waals surface area (Å²) in [6, 6.07) is 24.9. The smallest absolute Gasteiger partial charge is 0.255 e. The minimum absolute atomic E-state index is 0.0786. The third-order valence-electron chi connectivity index (χ3n) is 7.36. The molecule has 0 radical (unpaired) electrons. The zero-order valence-electron chi connectivity index (χ0n) is 23.8. The minimum atomic E-state index is -0.0878. The Morgan fingerprint density at radius 3 is 2.40 bits per heavy atom. The lowest BCUT2D eigenvalue weighted by molar-refractivity contribution is -0.133. The third kappa shape index (κ3) is 6.79. The van der Waals surface area contributed by atoms with E-state index in [2.05, 4.69) is 14.8 Å². The van der Waals surface area contributed by atoms with E-state index in [9.17, 15) is 9.59 Å². The molecule has 10 heteroatoms. The van der Waals surface area contributed by atoms with Crippen LogP contribution in [0.2, 0.25) is 5.02 Å². The number of amides is 2. The number of unbranched alkanes of at least 4 members (excludes halogenated alkanes) is 1. The average molecular weight is 604 g/mol. The third-order valence-corrected chi connectivity index (χ3v) is 8.70. The molecule has 0 bridgehead atoms. The molecule has 42 heavy (non-hydrogen) atoms. The molecule has 1 aromatic heterocycles. The Labute approximate surface area is 255 Å². The molecule has 0 saturated carbocycles. The van der Waals surface area contributed by atoms with Crippen LogP contribution < -0.4 is 4.74 Å². The zero-order chi connectivity index (χ0) is 29.5. The summed E-state index contributed by atoms with van der Waals surface area (Å²) in [6.07, 6.45) is 2.13. The van der Waals surface area contributed by atoms with Crippen LogP contribution in [0, 0.1) is 0 Å². The van der Waals surface area contributed by atoms with Crippen molar-refractivity contribution in [3.8, 4) is 22.8 Å². The van der Waals surface area contributed by atoms with Crippen molar-refractivity contribution >= 4 is 35.2 Å². The standard InChI is InChI=1S/C32H34ClN5O3S/c1-23-22-36(19-20-37(23)31(40)27-12-6-7-13-28(27)33)29(39)14-8-9-21-42-32-35-34-30(24-10-4-3-5-11-24)38(32)25-15-17-26(41-2)18-16-25/h3-7,10-13,15-18,23H,8-9,14,19-22H2,1-2H3. The number of ether oxygens (including phenoxy) is 1. The van der Waals surface area contributed by atoms with Gasteiger partial charge >= 0.3 is 0 Å². The molecule has 4 aromatic rings. The number of benzene rings is 3. The second-order valence-electron chi connectivity index (χ2n) is 10.2. The molecule has 5 rings (SSSR count). The van der Waals surface area contributed by atoms with Crippen molar-refractivity contribution in [2.45, 2.75) is 37.4 Å². The Kier molecular flexibility index (Phi) is 9.81. The highest BCUT2D eigenvalue weighted by Crippen LogP contribution is 2.29. The van der Waals surface area contributed by atoms with Gasteiger partial charge in [-0.15, -0.1) is 10.2 Å². The van der Waals surface area contributed by atoms with Crippen LogP contribution >= 0.6 is 23.4 Å². The number of methoxy groups -OCH3 is 1. The number of aromatic nitrogens is 3. The fraction of sp³-hybridized carbons (Fsp3) is 0.312. The SMILES string of the molecule is COc1ccc(-n2c(SCCCCC(=O)N3CCN(C(=O)c4ccccc4Cl)C(C)C3)nnc2-c2ccccc2)cc1. The maximum absolute atomic E-state index is 13.0. The van der Waals surface area contributed by atoms with Gasteiger partial charge < -0.3 is 14.5 Å². The number of nitrogens with zero attached hydrogens (tertiary/aromatic N) is 5. The molecule has 1 saturated heterocycles. The topological polar surface area (TPSA) is 80.6 Å². The molecular formula is C32H34ClN5O3S. The predicted octanol–water partition coefficient (Wildman–Crippen LogP) is 6.23. The van der Waals surface area contributed by atoms with E-state index in [1.165, 1.54) is 0 Å². The van der Waals surface area contributed by atoms with Crippen LogP contribution in [0.4, 0.5) is 0 Å². The number of thioether (sulfide) groups is 1. The number of carbonyl (C=O) groups excluding carboxylic acids is 2. The van der Waals surface area contributed by atoms with Crippen LogP contribution in [0.3, 0.4) is 0 Å². The Morgan fingerprint density at radius 1 is 0.952 bits per heavy atom. The molecule has 3 aromatic carbocycles. The van der Waals surface area contributed by atoms with Gasteiger partial charge in [-0.3, -0.25) is 14.2 Å². The van der Waals surface area contributed by atoms with Gasteiger partial charge in [0.05, 0.1) is 17.7 Å². The fourth-order valence-electron chi connectivity index (χ4n) is 5.08. The number of piperazine rings is 1. The van der Waals surface area contributed by atoms with Crippen molar-refractivity contribution in [3.63, 3.8) is 0 Å². The minimum Gasteiger partial charge on any atom is -0.497 e. The van der Waals surface area contributed by atoms with Gasteiger partial charge in [0.2, 0.25) is 5.91 Å². The summed E-state index contributed by atoms with van der Waals surface area (Å²) in [5.41, 5.74) is 2.45. The Bertz CT molecular complexity index is 1510. The molecule has 218 valence electrons. The van der Waals surface area contributed by atoms with Crippen LogP contribution in [0.5, 0.6) is 5.75 Å². The van der Waals surface area contributed by atoms with Crippen molar-refractivity contribution in [2.75, 3.05) is 32.5 Å². The lowest BCUT2D eigenvalue weighted by Gasteiger charge is -2.40. The van der Waals surface area contributed by atoms with Crippen molar-refractivity contribution in [2.24, 2.45) is 0 Å². The monoisotopic (exact) mass is 603 g/mol. The first kappa shape index (κ1) is 29.7. The molecule has 1 aliphatic heterocycles. The number of halogens is 1.